The van der Waals surface area contributed by atoms with Crippen molar-refractivity contribution >= 4 is 17.5 Å². The summed E-state index contributed by atoms with van der Waals surface area (Å²) in [6.45, 7) is 3.61. The van der Waals surface area contributed by atoms with Gasteiger partial charge in [-0.3, -0.25) is 14.5 Å². The fraction of sp³-hybridized carbons (Fsp3) is 0.429. The lowest BCUT2D eigenvalue weighted by Crippen LogP contribution is -2.31. The lowest BCUT2D eigenvalue weighted by atomic mass is 10.0. The van der Waals surface area contributed by atoms with E-state index >= 15 is 0 Å². The quantitative estimate of drug-likeness (QED) is 0.756. The second-order valence-corrected chi connectivity index (χ2v) is 5.05. The first-order valence-corrected chi connectivity index (χ1v) is 6.36. The summed E-state index contributed by atoms with van der Waals surface area (Å²) < 4.78 is 0. The van der Waals surface area contributed by atoms with Gasteiger partial charge in [0.1, 0.15) is 0 Å². The maximum absolute atomic E-state index is 12.0. The minimum atomic E-state index is -0.188. The lowest BCUT2D eigenvalue weighted by Gasteiger charge is -2.21. The topological polar surface area (TPSA) is 49.4 Å². The molecular weight excluding hydrogens is 228 g/mol. The van der Waals surface area contributed by atoms with Gasteiger partial charge in [-0.05, 0) is 36.2 Å². The van der Waals surface area contributed by atoms with Crippen molar-refractivity contribution in [2.45, 2.75) is 26.3 Å². The maximum atomic E-state index is 12.0. The number of nitrogens with one attached hydrogen (secondary N) is 1. The summed E-state index contributed by atoms with van der Waals surface area (Å²) in [5.41, 5.74) is 3.22. The molecule has 1 aromatic carbocycles. The van der Waals surface area contributed by atoms with E-state index in [4.69, 9.17) is 0 Å². The highest BCUT2D eigenvalue weighted by Gasteiger charge is 2.36. The third-order valence-electron chi connectivity index (χ3n) is 3.71. The number of carbonyl (C=O) groups is 2. The standard InChI is InChI=1S/C14H16N2O2/c1-9-6-13(17)16(14(9)18)12-3-2-10-4-5-15-8-11(10)7-12/h2-3,7,9,15H,4-6,8H2,1H3. The van der Waals surface area contributed by atoms with Crippen LogP contribution in [0, 0.1) is 5.92 Å². The first-order chi connectivity index (χ1) is 8.66. The molecule has 1 N–H and O–H groups in total. The Morgan fingerprint density at radius 2 is 2.11 bits per heavy atom. The van der Waals surface area contributed by atoms with Gasteiger partial charge in [-0.1, -0.05) is 13.0 Å². The van der Waals surface area contributed by atoms with Crippen LogP contribution < -0.4 is 10.2 Å². The first-order valence-electron chi connectivity index (χ1n) is 6.36. The third-order valence-corrected chi connectivity index (χ3v) is 3.71. The number of imide groups is 1. The SMILES string of the molecule is CC1CC(=O)N(c2ccc3c(c2)CNCC3)C1=O. The van der Waals surface area contributed by atoms with E-state index in [0.29, 0.717) is 6.42 Å². The molecule has 0 bridgehead atoms. The van der Waals surface area contributed by atoms with E-state index in [9.17, 15) is 9.59 Å². The summed E-state index contributed by atoms with van der Waals surface area (Å²) >= 11 is 0. The zero-order valence-electron chi connectivity index (χ0n) is 10.4. The number of hydrogen-bond acceptors (Lipinski definition) is 3. The van der Waals surface area contributed by atoms with Crippen molar-refractivity contribution in [3.63, 3.8) is 0 Å². The Kier molecular flexibility index (Phi) is 2.67. The predicted octanol–water partition coefficient (Wildman–Crippen LogP) is 1.23. The molecule has 0 aliphatic carbocycles. The summed E-state index contributed by atoms with van der Waals surface area (Å²) in [7, 11) is 0. The van der Waals surface area contributed by atoms with Gasteiger partial charge in [0.2, 0.25) is 11.8 Å². The van der Waals surface area contributed by atoms with Gasteiger partial charge in [-0.25, -0.2) is 0 Å². The average Bonchev–Trinajstić information content (AvgIpc) is 2.63. The Bertz CT molecular complexity index is 525. The number of hydrogen-bond donors (Lipinski definition) is 1. The Morgan fingerprint density at radius 3 is 2.83 bits per heavy atom. The highest BCUT2D eigenvalue weighted by molar-refractivity contribution is 6.20. The largest absolute Gasteiger partial charge is 0.312 e. The number of benzene rings is 1. The monoisotopic (exact) mass is 244 g/mol. The fourth-order valence-corrected chi connectivity index (χ4v) is 2.66. The van der Waals surface area contributed by atoms with Gasteiger partial charge in [0.25, 0.3) is 0 Å². The minimum Gasteiger partial charge on any atom is -0.312 e. The van der Waals surface area contributed by atoms with Crippen molar-refractivity contribution in [2.75, 3.05) is 11.4 Å². The first kappa shape index (κ1) is 11.4. The number of amides is 2. The van der Waals surface area contributed by atoms with Crippen LogP contribution in [-0.2, 0) is 22.6 Å². The van der Waals surface area contributed by atoms with E-state index in [1.54, 1.807) is 6.92 Å². The predicted molar refractivity (Wildman–Crippen MR) is 68.1 cm³/mol. The van der Waals surface area contributed by atoms with Gasteiger partial charge >= 0.3 is 0 Å². The Hall–Kier alpha value is -1.68. The van der Waals surface area contributed by atoms with E-state index in [1.807, 2.05) is 18.2 Å². The van der Waals surface area contributed by atoms with E-state index in [-0.39, 0.29) is 17.7 Å². The molecule has 2 aliphatic rings. The van der Waals surface area contributed by atoms with Crippen molar-refractivity contribution in [1.29, 1.82) is 0 Å². The molecule has 1 aromatic rings. The van der Waals surface area contributed by atoms with Gasteiger partial charge in [0.15, 0.2) is 0 Å². The van der Waals surface area contributed by atoms with Crippen molar-refractivity contribution < 1.29 is 9.59 Å². The van der Waals surface area contributed by atoms with Crippen LogP contribution in [0.5, 0.6) is 0 Å². The summed E-state index contributed by atoms with van der Waals surface area (Å²) in [5.74, 6) is -0.355. The van der Waals surface area contributed by atoms with Crippen LogP contribution in [0.3, 0.4) is 0 Å². The Labute approximate surface area is 106 Å². The third kappa shape index (κ3) is 1.73. The summed E-state index contributed by atoms with van der Waals surface area (Å²) in [6.07, 6.45) is 1.34. The van der Waals surface area contributed by atoms with Crippen LogP contribution in [0.25, 0.3) is 0 Å². The van der Waals surface area contributed by atoms with Gasteiger partial charge in [0.05, 0.1) is 5.69 Å². The van der Waals surface area contributed by atoms with Gasteiger partial charge in [-0.2, -0.15) is 0 Å². The van der Waals surface area contributed by atoms with E-state index in [0.717, 1.165) is 25.2 Å². The molecule has 1 fully saturated rings. The van der Waals surface area contributed by atoms with E-state index < -0.39 is 0 Å². The van der Waals surface area contributed by atoms with Crippen LogP contribution in [0.15, 0.2) is 18.2 Å². The molecule has 4 nitrogen and oxygen atoms in total. The second kappa shape index (κ2) is 4.21. The zero-order valence-corrected chi connectivity index (χ0v) is 10.4. The Morgan fingerprint density at radius 1 is 1.28 bits per heavy atom. The molecule has 2 amide bonds. The van der Waals surface area contributed by atoms with Crippen molar-refractivity contribution in [2.24, 2.45) is 5.92 Å². The van der Waals surface area contributed by atoms with E-state index in [1.165, 1.54) is 16.0 Å². The molecule has 3 rings (SSSR count). The number of rotatable bonds is 1. The van der Waals surface area contributed by atoms with Crippen LogP contribution in [0.2, 0.25) is 0 Å². The van der Waals surface area contributed by atoms with Gasteiger partial charge in [0, 0.05) is 18.9 Å². The van der Waals surface area contributed by atoms with Gasteiger partial charge in [-0.15, -0.1) is 0 Å². The summed E-state index contributed by atoms with van der Waals surface area (Å²) in [4.78, 5) is 25.2. The molecule has 4 heteroatoms. The molecule has 1 atom stereocenters. The average molecular weight is 244 g/mol. The molecule has 94 valence electrons. The number of nitrogens with zero attached hydrogens (tertiary/aromatic N) is 1. The van der Waals surface area contributed by atoms with Crippen LogP contribution in [0.1, 0.15) is 24.5 Å². The highest BCUT2D eigenvalue weighted by atomic mass is 16.2. The molecule has 1 saturated heterocycles. The van der Waals surface area contributed by atoms with Crippen molar-refractivity contribution in [3.05, 3.63) is 29.3 Å². The number of fused-ring (bicyclic) bond motifs is 1. The number of anilines is 1. The summed E-state index contributed by atoms with van der Waals surface area (Å²) in [6, 6.07) is 5.89. The molecule has 2 heterocycles. The van der Waals surface area contributed by atoms with Crippen molar-refractivity contribution in [1.82, 2.24) is 5.32 Å². The molecule has 0 radical (unpaired) electrons. The Balaban J connectivity index is 1.97. The highest BCUT2D eigenvalue weighted by Crippen LogP contribution is 2.28. The van der Waals surface area contributed by atoms with Gasteiger partial charge < -0.3 is 5.32 Å². The number of carbonyl (C=O) groups excluding carboxylic acids is 2. The van der Waals surface area contributed by atoms with Crippen LogP contribution in [-0.4, -0.2) is 18.4 Å². The molecule has 0 aromatic heterocycles. The maximum Gasteiger partial charge on any atom is 0.237 e. The fourth-order valence-electron chi connectivity index (χ4n) is 2.66. The van der Waals surface area contributed by atoms with E-state index in [2.05, 4.69) is 5.32 Å². The molecular formula is C14H16N2O2. The smallest absolute Gasteiger partial charge is 0.237 e. The van der Waals surface area contributed by atoms with Crippen molar-refractivity contribution in [3.8, 4) is 0 Å². The molecule has 2 aliphatic heterocycles. The van der Waals surface area contributed by atoms with Crippen LogP contribution >= 0.6 is 0 Å². The second-order valence-electron chi connectivity index (χ2n) is 5.05. The summed E-state index contributed by atoms with van der Waals surface area (Å²) in [5, 5.41) is 3.30. The minimum absolute atomic E-state index is 0.0799. The molecule has 18 heavy (non-hydrogen) atoms. The van der Waals surface area contributed by atoms with Crippen LogP contribution in [0.4, 0.5) is 5.69 Å². The molecule has 0 saturated carbocycles. The zero-order chi connectivity index (χ0) is 12.7. The molecule has 1 unspecified atom stereocenters. The molecule has 0 spiro atoms. The normalized spacial score (nSPS) is 23.4. The lowest BCUT2D eigenvalue weighted by molar-refractivity contribution is -0.122.